The Kier molecular flexibility index (Phi) is 3.52. The maximum atomic E-state index is 12.2. The molecule has 1 saturated heterocycles. The molecule has 0 atom stereocenters. The zero-order valence-electron chi connectivity index (χ0n) is 10.7. The summed E-state index contributed by atoms with van der Waals surface area (Å²) in [5.41, 5.74) is 5.61. The number of fused-ring (bicyclic) bond motifs is 1. The van der Waals surface area contributed by atoms with Crippen molar-refractivity contribution in [2.24, 2.45) is 0 Å². The summed E-state index contributed by atoms with van der Waals surface area (Å²) in [4.78, 5) is 12.2. The summed E-state index contributed by atoms with van der Waals surface area (Å²) in [6.07, 6.45) is 0. The molecule has 3 N–H and O–H groups in total. The second kappa shape index (κ2) is 5.46. The molecule has 2 heterocycles. The second-order valence-corrected chi connectivity index (χ2v) is 4.65. The average molecular weight is 262 g/mol. The highest BCUT2D eigenvalue weighted by Gasteiger charge is 2.16. The van der Waals surface area contributed by atoms with E-state index in [1.807, 2.05) is 23.2 Å². The molecule has 19 heavy (non-hydrogen) atoms. The van der Waals surface area contributed by atoms with Gasteiger partial charge in [0, 0.05) is 31.7 Å². The third kappa shape index (κ3) is 2.80. The van der Waals surface area contributed by atoms with Crippen LogP contribution < -0.4 is 16.1 Å². The number of hydrogen-bond donors (Lipinski definition) is 3. The van der Waals surface area contributed by atoms with Gasteiger partial charge in [-0.1, -0.05) is 0 Å². The van der Waals surface area contributed by atoms with E-state index < -0.39 is 0 Å². The van der Waals surface area contributed by atoms with Crippen molar-refractivity contribution in [2.45, 2.75) is 0 Å². The molecule has 2 aliphatic rings. The predicted octanol–water partition coefficient (Wildman–Crippen LogP) is 0.501. The first-order valence-electron chi connectivity index (χ1n) is 6.58. The fraction of sp³-hybridized carbons (Fsp3) is 0.462. The number of carbonyl (C=O) groups is 1. The highest BCUT2D eigenvalue weighted by atomic mass is 16.5. The minimum absolute atomic E-state index is 0.0722. The summed E-state index contributed by atoms with van der Waals surface area (Å²) in [7, 11) is 0. The van der Waals surface area contributed by atoms with Gasteiger partial charge in [0.15, 0.2) is 0 Å². The average Bonchev–Trinajstić information content (AvgIpc) is 2.48. The van der Waals surface area contributed by atoms with Crippen LogP contribution in [0.3, 0.4) is 0 Å². The van der Waals surface area contributed by atoms with Crippen molar-refractivity contribution >= 4 is 17.3 Å². The van der Waals surface area contributed by atoms with Crippen molar-refractivity contribution in [3.8, 4) is 0 Å². The van der Waals surface area contributed by atoms with Crippen molar-refractivity contribution in [3.05, 3.63) is 23.8 Å². The van der Waals surface area contributed by atoms with E-state index in [-0.39, 0.29) is 5.91 Å². The molecule has 1 amide bonds. The normalized spacial score (nSPS) is 18.9. The van der Waals surface area contributed by atoms with Gasteiger partial charge in [-0.05, 0) is 18.2 Å². The molecular formula is C13H18N4O2. The Morgan fingerprint density at radius 1 is 1.16 bits per heavy atom. The second-order valence-electron chi connectivity index (χ2n) is 4.65. The molecule has 2 aliphatic heterocycles. The Bertz CT molecular complexity index is 472. The van der Waals surface area contributed by atoms with E-state index in [1.54, 1.807) is 0 Å². The van der Waals surface area contributed by atoms with E-state index in [1.165, 1.54) is 0 Å². The summed E-state index contributed by atoms with van der Waals surface area (Å²) in [6.45, 7) is 4.58. The summed E-state index contributed by atoms with van der Waals surface area (Å²) < 4.78 is 5.25. The molecule has 0 spiro atoms. The molecule has 3 rings (SSSR count). The number of morpholine rings is 1. The van der Waals surface area contributed by atoms with Crippen LogP contribution in [0.15, 0.2) is 18.2 Å². The molecule has 6 nitrogen and oxygen atoms in total. The van der Waals surface area contributed by atoms with Crippen molar-refractivity contribution in [3.63, 3.8) is 0 Å². The number of hydrazine groups is 1. The van der Waals surface area contributed by atoms with E-state index in [0.717, 1.165) is 37.6 Å². The van der Waals surface area contributed by atoms with Crippen molar-refractivity contribution in [2.75, 3.05) is 50.0 Å². The van der Waals surface area contributed by atoms with E-state index in [4.69, 9.17) is 4.74 Å². The van der Waals surface area contributed by atoms with Crippen LogP contribution in [0.25, 0.3) is 0 Å². The minimum atomic E-state index is -0.0722. The van der Waals surface area contributed by atoms with Gasteiger partial charge in [0.1, 0.15) is 0 Å². The molecule has 1 fully saturated rings. The monoisotopic (exact) mass is 262 g/mol. The van der Waals surface area contributed by atoms with Crippen LogP contribution in [0, 0.1) is 0 Å². The van der Waals surface area contributed by atoms with Crippen molar-refractivity contribution in [1.29, 1.82) is 0 Å². The molecular weight excluding hydrogens is 244 g/mol. The number of nitrogens with zero attached hydrogens (tertiary/aromatic N) is 1. The molecule has 0 aliphatic carbocycles. The number of carbonyl (C=O) groups excluding carboxylic acids is 1. The van der Waals surface area contributed by atoms with E-state index >= 15 is 0 Å². The van der Waals surface area contributed by atoms with Crippen molar-refractivity contribution in [1.82, 2.24) is 10.4 Å². The molecule has 0 radical (unpaired) electrons. The lowest BCUT2D eigenvalue weighted by molar-refractivity contribution is 0.0126. The first kappa shape index (κ1) is 12.3. The predicted molar refractivity (Wildman–Crippen MR) is 73.3 cm³/mol. The van der Waals surface area contributed by atoms with Crippen LogP contribution in [0.2, 0.25) is 0 Å². The molecule has 1 aromatic carbocycles. The Morgan fingerprint density at radius 3 is 2.68 bits per heavy atom. The Balaban J connectivity index is 1.69. The zero-order chi connectivity index (χ0) is 13.1. The van der Waals surface area contributed by atoms with Crippen molar-refractivity contribution < 1.29 is 9.53 Å². The molecule has 0 aromatic heterocycles. The fourth-order valence-corrected chi connectivity index (χ4v) is 2.26. The van der Waals surface area contributed by atoms with Gasteiger partial charge in [0.2, 0.25) is 0 Å². The molecule has 6 heteroatoms. The highest BCUT2D eigenvalue weighted by Crippen LogP contribution is 2.25. The maximum Gasteiger partial charge on any atom is 0.265 e. The topological polar surface area (TPSA) is 65.6 Å². The molecule has 0 saturated carbocycles. The fourth-order valence-electron chi connectivity index (χ4n) is 2.26. The first-order chi connectivity index (χ1) is 9.33. The Hall–Kier alpha value is -1.79. The van der Waals surface area contributed by atoms with E-state index in [9.17, 15) is 4.79 Å². The minimum Gasteiger partial charge on any atom is -0.382 e. The lowest BCUT2D eigenvalue weighted by atomic mass is 10.1. The highest BCUT2D eigenvalue weighted by molar-refractivity contribution is 5.96. The quantitative estimate of drug-likeness (QED) is 0.724. The lowest BCUT2D eigenvalue weighted by Gasteiger charge is -2.27. The van der Waals surface area contributed by atoms with Gasteiger partial charge in [0.05, 0.1) is 24.6 Å². The number of rotatable bonds is 2. The number of amides is 1. The van der Waals surface area contributed by atoms with E-state index in [0.29, 0.717) is 18.8 Å². The number of nitrogens with one attached hydrogen (secondary N) is 3. The Labute approximate surface area is 112 Å². The largest absolute Gasteiger partial charge is 0.382 e. The standard InChI is InChI=1S/C13H18N4O2/c18-13(16-17-5-7-19-8-6-17)10-1-2-11-12(9-10)15-4-3-14-11/h1-2,9,14-15H,3-8H2,(H,16,18). The summed E-state index contributed by atoms with van der Waals surface area (Å²) in [5, 5.41) is 8.47. The number of hydrogen-bond acceptors (Lipinski definition) is 5. The smallest absolute Gasteiger partial charge is 0.265 e. The molecule has 0 unspecified atom stereocenters. The molecule has 102 valence electrons. The number of anilines is 2. The van der Waals surface area contributed by atoms with Gasteiger partial charge in [-0.2, -0.15) is 0 Å². The van der Waals surface area contributed by atoms with Gasteiger partial charge in [-0.3, -0.25) is 10.2 Å². The van der Waals surface area contributed by atoms with Crippen LogP contribution in [-0.2, 0) is 4.74 Å². The van der Waals surface area contributed by atoms with Crippen LogP contribution in [0.1, 0.15) is 10.4 Å². The van der Waals surface area contributed by atoms with E-state index in [2.05, 4.69) is 16.1 Å². The summed E-state index contributed by atoms with van der Waals surface area (Å²) in [5.74, 6) is -0.0722. The lowest BCUT2D eigenvalue weighted by Crippen LogP contribution is -2.48. The van der Waals surface area contributed by atoms with Crippen LogP contribution >= 0.6 is 0 Å². The Morgan fingerprint density at radius 2 is 1.89 bits per heavy atom. The zero-order valence-corrected chi connectivity index (χ0v) is 10.7. The summed E-state index contributed by atoms with van der Waals surface area (Å²) in [6, 6.07) is 5.67. The summed E-state index contributed by atoms with van der Waals surface area (Å²) >= 11 is 0. The molecule has 0 bridgehead atoms. The van der Waals surface area contributed by atoms with Gasteiger partial charge in [-0.15, -0.1) is 0 Å². The van der Waals surface area contributed by atoms with Crippen LogP contribution in [0.4, 0.5) is 11.4 Å². The number of ether oxygens (including phenoxy) is 1. The maximum absolute atomic E-state index is 12.2. The first-order valence-corrected chi connectivity index (χ1v) is 6.58. The molecule has 1 aromatic rings. The number of benzene rings is 1. The van der Waals surface area contributed by atoms with Gasteiger partial charge >= 0.3 is 0 Å². The van der Waals surface area contributed by atoms with Crippen LogP contribution in [-0.4, -0.2) is 50.3 Å². The SMILES string of the molecule is O=C(NN1CCOCC1)c1ccc2c(c1)NCCN2. The van der Waals surface area contributed by atoms with Gasteiger partial charge in [0.25, 0.3) is 5.91 Å². The van der Waals surface area contributed by atoms with Gasteiger partial charge < -0.3 is 15.4 Å². The third-order valence-electron chi connectivity index (χ3n) is 3.31. The van der Waals surface area contributed by atoms with Crippen LogP contribution in [0.5, 0.6) is 0 Å². The third-order valence-corrected chi connectivity index (χ3v) is 3.31. The van der Waals surface area contributed by atoms with Gasteiger partial charge in [-0.25, -0.2) is 5.01 Å².